The Labute approximate surface area is 135 Å². The molecule has 0 radical (unpaired) electrons. The topological polar surface area (TPSA) is 114 Å². The van der Waals surface area contributed by atoms with Gasteiger partial charge in [-0.3, -0.25) is 0 Å². The molecular formula is C17H23NO5. The molecule has 2 unspecified atom stereocenters. The molecule has 6 heteroatoms. The summed E-state index contributed by atoms with van der Waals surface area (Å²) in [7, 11) is 0. The molecule has 0 bridgehead atoms. The number of quaternary nitrogens is 1. The number of rotatable bonds is 4. The number of carboxylic acid groups (broad SMARTS) is 2. The van der Waals surface area contributed by atoms with E-state index in [4.69, 9.17) is 5.11 Å². The van der Waals surface area contributed by atoms with Gasteiger partial charge in [0.1, 0.15) is 11.6 Å². The first kappa shape index (κ1) is 18.9. The number of benzene rings is 1. The normalized spacial score (nSPS) is 20.2. The molecule has 126 valence electrons. The fraction of sp³-hybridized carbons (Fsp3) is 0.412. The Morgan fingerprint density at radius 3 is 2.35 bits per heavy atom. The Bertz CT molecular complexity index is 517. The van der Waals surface area contributed by atoms with Crippen molar-refractivity contribution < 1.29 is 30.2 Å². The Morgan fingerprint density at radius 2 is 1.91 bits per heavy atom. The molecule has 0 saturated carbocycles. The first-order valence-electron chi connectivity index (χ1n) is 7.57. The van der Waals surface area contributed by atoms with Crippen LogP contribution in [0.4, 0.5) is 0 Å². The lowest BCUT2D eigenvalue weighted by Crippen LogP contribution is -2.94. The van der Waals surface area contributed by atoms with Crippen molar-refractivity contribution in [3.8, 4) is 0 Å². The van der Waals surface area contributed by atoms with E-state index in [2.05, 4.69) is 5.32 Å². The Balaban J connectivity index is 0.000000284. The molecule has 1 fully saturated rings. The van der Waals surface area contributed by atoms with Gasteiger partial charge in [0.15, 0.2) is 0 Å². The molecule has 1 aliphatic heterocycles. The number of piperidine rings is 1. The van der Waals surface area contributed by atoms with Crippen LogP contribution >= 0.6 is 0 Å². The summed E-state index contributed by atoms with van der Waals surface area (Å²) in [6, 6.07) is 10.3. The van der Waals surface area contributed by atoms with Gasteiger partial charge in [0.2, 0.25) is 0 Å². The summed E-state index contributed by atoms with van der Waals surface area (Å²) in [6.07, 6.45) is 4.57. The standard InChI is InChI=1S/C13H19NO.C4H4O4/c1-13(15,11-7-3-2-4-8-11)12-9-5-6-10-14-12;5-3(6)1-2-4(7)8/h2-4,7-8,12,14-15H,5-6,9-10H2,1H3;1-2H,(H,5,6)(H,7,8)/b;2-1+. The molecule has 1 heterocycles. The van der Waals surface area contributed by atoms with Crippen molar-refractivity contribution in [2.75, 3.05) is 6.54 Å². The Hall–Kier alpha value is -2.18. The van der Waals surface area contributed by atoms with Gasteiger partial charge in [0.25, 0.3) is 0 Å². The summed E-state index contributed by atoms with van der Waals surface area (Å²) in [4.78, 5) is 19.0. The number of aliphatic hydroxyl groups is 1. The molecule has 2 atom stereocenters. The van der Waals surface area contributed by atoms with Crippen LogP contribution in [0.2, 0.25) is 0 Å². The zero-order chi connectivity index (χ0) is 17.3. The van der Waals surface area contributed by atoms with Gasteiger partial charge in [-0.05, 0) is 31.4 Å². The SMILES string of the molecule is CC(O)(c1ccccc1)C1CCCC[NH2+]1.O=C([O-])/C=C/C(=O)O. The number of carbonyl (C=O) groups excluding carboxylic acids is 1. The third kappa shape index (κ3) is 6.63. The fourth-order valence-electron chi connectivity index (χ4n) is 2.58. The van der Waals surface area contributed by atoms with Gasteiger partial charge in [-0.25, -0.2) is 4.79 Å². The minimum absolute atomic E-state index is 0.314. The van der Waals surface area contributed by atoms with Gasteiger partial charge < -0.3 is 25.4 Å². The molecule has 0 aromatic heterocycles. The second-order valence-electron chi connectivity index (χ2n) is 5.63. The minimum Gasteiger partial charge on any atom is -0.545 e. The van der Waals surface area contributed by atoms with Crippen LogP contribution < -0.4 is 10.4 Å². The zero-order valence-electron chi connectivity index (χ0n) is 13.1. The second kappa shape index (κ2) is 9.07. The molecule has 0 aliphatic carbocycles. The second-order valence-corrected chi connectivity index (χ2v) is 5.63. The summed E-state index contributed by atoms with van der Waals surface area (Å²) in [6.45, 7) is 3.09. The molecule has 1 saturated heterocycles. The van der Waals surface area contributed by atoms with Gasteiger partial charge in [0.05, 0.1) is 12.5 Å². The van der Waals surface area contributed by atoms with Crippen molar-refractivity contribution in [3.05, 3.63) is 48.0 Å². The van der Waals surface area contributed by atoms with Crippen molar-refractivity contribution in [3.63, 3.8) is 0 Å². The van der Waals surface area contributed by atoms with E-state index in [1.807, 2.05) is 37.3 Å². The predicted octanol–water partition coefficient (Wildman–Crippen LogP) is -0.613. The number of hydrogen-bond donors (Lipinski definition) is 3. The van der Waals surface area contributed by atoms with Crippen LogP contribution in [-0.2, 0) is 15.2 Å². The number of nitrogens with two attached hydrogens (primary N) is 1. The first-order chi connectivity index (χ1) is 10.8. The Morgan fingerprint density at radius 1 is 1.26 bits per heavy atom. The van der Waals surface area contributed by atoms with Crippen LogP contribution in [0, 0.1) is 0 Å². The molecule has 6 nitrogen and oxygen atoms in total. The average molecular weight is 321 g/mol. The van der Waals surface area contributed by atoms with Gasteiger partial charge >= 0.3 is 5.97 Å². The van der Waals surface area contributed by atoms with E-state index in [9.17, 15) is 19.8 Å². The number of carbonyl (C=O) groups is 2. The smallest absolute Gasteiger partial charge is 0.328 e. The van der Waals surface area contributed by atoms with E-state index in [-0.39, 0.29) is 0 Å². The van der Waals surface area contributed by atoms with E-state index in [1.165, 1.54) is 12.8 Å². The van der Waals surface area contributed by atoms with Crippen LogP contribution in [-0.4, -0.2) is 34.7 Å². The summed E-state index contributed by atoms with van der Waals surface area (Å²) in [5, 5.41) is 30.1. The van der Waals surface area contributed by atoms with Gasteiger partial charge in [0, 0.05) is 12.5 Å². The quantitative estimate of drug-likeness (QED) is 0.640. The largest absolute Gasteiger partial charge is 0.545 e. The van der Waals surface area contributed by atoms with Crippen LogP contribution in [0.15, 0.2) is 42.5 Å². The van der Waals surface area contributed by atoms with Crippen LogP contribution in [0.3, 0.4) is 0 Å². The lowest BCUT2D eigenvalue weighted by atomic mass is 9.84. The highest BCUT2D eigenvalue weighted by Gasteiger charge is 2.37. The van der Waals surface area contributed by atoms with Crippen molar-refractivity contribution in [1.29, 1.82) is 0 Å². The van der Waals surface area contributed by atoms with E-state index < -0.39 is 17.5 Å². The van der Waals surface area contributed by atoms with E-state index >= 15 is 0 Å². The lowest BCUT2D eigenvalue weighted by Gasteiger charge is -2.33. The van der Waals surface area contributed by atoms with Crippen molar-refractivity contribution in [1.82, 2.24) is 0 Å². The number of carboxylic acids is 2. The maximum Gasteiger partial charge on any atom is 0.328 e. The molecule has 1 aliphatic rings. The molecule has 4 N–H and O–H groups in total. The van der Waals surface area contributed by atoms with E-state index in [0.29, 0.717) is 18.2 Å². The highest BCUT2D eigenvalue weighted by molar-refractivity contribution is 5.88. The third-order valence-corrected chi connectivity index (χ3v) is 3.86. The number of hydrogen-bond acceptors (Lipinski definition) is 4. The highest BCUT2D eigenvalue weighted by atomic mass is 16.4. The zero-order valence-corrected chi connectivity index (χ0v) is 13.1. The maximum absolute atomic E-state index is 10.6. The van der Waals surface area contributed by atoms with Crippen LogP contribution in [0.5, 0.6) is 0 Å². The average Bonchev–Trinajstić information content (AvgIpc) is 2.55. The van der Waals surface area contributed by atoms with Crippen molar-refractivity contribution >= 4 is 11.9 Å². The molecular weight excluding hydrogens is 298 g/mol. The van der Waals surface area contributed by atoms with E-state index in [0.717, 1.165) is 18.5 Å². The molecule has 0 amide bonds. The molecule has 1 aromatic carbocycles. The van der Waals surface area contributed by atoms with Gasteiger partial charge in [-0.2, -0.15) is 0 Å². The minimum atomic E-state index is -1.51. The van der Waals surface area contributed by atoms with Gasteiger partial charge in [-0.15, -0.1) is 0 Å². The first-order valence-corrected chi connectivity index (χ1v) is 7.57. The van der Waals surface area contributed by atoms with Crippen molar-refractivity contribution in [2.24, 2.45) is 0 Å². The molecule has 2 rings (SSSR count). The molecule has 23 heavy (non-hydrogen) atoms. The monoisotopic (exact) mass is 321 g/mol. The van der Waals surface area contributed by atoms with Crippen LogP contribution in [0.25, 0.3) is 0 Å². The fourth-order valence-corrected chi connectivity index (χ4v) is 2.58. The summed E-state index contributed by atoms with van der Waals surface area (Å²) >= 11 is 0. The molecule has 0 spiro atoms. The Kier molecular flexibility index (Phi) is 7.44. The van der Waals surface area contributed by atoms with Gasteiger partial charge in [-0.1, -0.05) is 30.3 Å². The lowest BCUT2D eigenvalue weighted by molar-refractivity contribution is -0.712. The van der Waals surface area contributed by atoms with E-state index in [1.54, 1.807) is 0 Å². The summed E-state index contributed by atoms with van der Waals surface area (Å²) in [5.74, 6) is -2.80. The summed E-state index contributed by atoms with van der Waals surface area (Å²) < 4.78 is 0. The van der Waals surface area contributed by atoms with Crippen LogP contribution in [0.1, 0.15) is 31.7 Å². The maximum atomic E-state index is 10.6. The number of aliphatic carboxylic acids is 2. The van der Waals surface area contributed by atoms with Crippen molar-refractivity contribution in [2.45, 2.75) is 37.8 Å². The predicted molar refractivity (Wildman–Crippen MR) is 82.2 cm³/mol. The highest BCUT2D eigenvalue weighted by Crippen LogP contribution is 2.26. The molecule has 1 aromatic rings. The summed E-state index contributed by atoms with van der Waals surface area (Å²) in [5.41, 5.74) is 0.343. The third-order valence-electron chi connectivity index (χ3n) is 3.86.